The molecule has 0 spiro atoms. The van der Waals surface area contributed by atoms with Gasteiger partial charge in [0.1, 0.15) is 34.6 Å². The quantitative estimate of drug-likeness (QED) is 0.699. The SMILES string of the molecule is N#Cc1c(Oc2ccccc2N)cccc1Oc1ccccc1N. The smallest absolute Gasteiger partial charge is 0.150 e. The van der Waals surface area contributed by atoms with Gasteiger partial charge in [0.25, 0.3) is 0 Å². The first-order valence-electron chi connectivity index (χ1n) is 7.27. The second-order valence-corrected chi connectivity index (χ2v) is 5.02. The maximum atomic E-state index is 9.52. The standard InChI is InChI=1S/C19H15N3O2/c20-12-13-16(23-18-8-3-1-6-14(18)21)10-5-11-17(13)24-19-9-4-2-7-15(19)22/h1-11H,21-22H2. The Morgan fingerprint density at radius 1 is 0.625 bits per heavy atom. The molecule has 118 valence electrons. The maximum Gasteiger partial charge on any atom is 0.150 e. The minimum atomic E-state index is 0.268. The maximum absolute atomic E-state index is 9.52. The third-order valence-electron chi connectivity index (χ3n) is 3.38. The van der Waals surface area contributed by atoms with Gasteiger partial charge < -0.3 is 20.9 Å². The van der Waals surface area contributed by atoms with E-state index in [2.05, 4.69) is 6.07 Å². The van der Waals surface area contributed by atoms with E-state index in [1.54, 1.807) is 42.5 Å². The molecule has 24 heavy (non-hydrogen) atoms. The molecule has 0 saturated heterocycles. The summed E-state index contributed by atoms with van der Waals surface area (Å²) in [5.74, 6) is 1.68. The Hall–Kier alpha value is -3.65. The molecule has 0 aromatic heterocycles. The number of rotatable bonds is 4. The molecule has 0 aliphatic carbocycles. The van der Waals surface area contributed by atoms with Crippen LogP contribution in [0.1, 0.15) is 5.56 Å². The van der Waals surface area contributed by atoms with Crippen LogP contribution in [0.25, 0.3) is 0 Å². The molecule has 0 amide bonds. The predicted molar refractivity (Wildman–Crippen MR) is 93.0 cm³/mol. The number of nitrogen functional groups attached to an aromatic ring is 2. The molecular weight excluding hydrogens is 302 g/mol. The summed E-state index contributed by atoms with van der Waals surface area (Å²) >= 11 is 0. The number of para-hydroxylation sites is 4. The van der Waals surface area contributed by atoms with Gasteiger partial charge in [-0.2, -0.15) is 5.26 Å². The van der Waals surface area contributed by atoms with Crippen LogP contribution in [0.15, 0.2) is 66.7 Å². The van der Waals surface area contributed by atoms with E-state index in [4.69, 9.17) is 20.9 Å². The fourth-order valence-electron chi connectivity index (χ4n) is 2.18. The number of nitrogens with two attached hydrogens (primary N) is 2. The van der Waals surface area contributed by atoms with Gasteiger partial charge in [0.15, 0.2) is 0 Å². The van der Waals surface area contributed by atoms with E-state index in [9.17, 15) is 5.26 Å². The van der Waals surface area contributed by atoms with Crippen LogP contribution in [0.5, 0.6) is 23.0 Å². The highest BCUT2D eigenvalue weighted by Crippen LogP contribution is 2.36. The van der Waals surface area contributed by atoms with E-state index in [-0.39, 0.29) is 5.56 Å². The molecule has 0 heterocycles. The van der Waals surface area contributed by atoms with Crippen LogP contribution < -0.4 is 20.9 Å². The fourth-order valence-corrected chi connectivity index (χ4v) is 2.18. The van der Waals surface area contributed by atoms with Crippen molar-refractivity contribution in [3.05, 3.63) is 72.3 Å². The lowest BCUT2D eigenvalue weighted by atomic mass is 10.2. The van der Waals surface area contributed by atoms with Crippen LogP contribution in [0.3, 0.4) is 0 Å². The zero-order valence-corrected chi connectivity index (χ0v) is 12.8. The van der Waals surface area contributed by atoms with Crippen LogP contribution in [-0.4, -0.2) is 0 Å². The molecule has 0 atom stereocenters. The first-order valence-corrected chi connectivity index (χ1v) is 7.27. The Morgan fingerprint density at radius 2 is 1.04 bits per heavy atom. The van der Waals surface area contributed by atoms with Gasteiger partial charge in [-0.1, -0.05) is 30.3 Å². The summed E-state index contributed by atoms with van der Waals surface area (Å²) in [6, 6.07) is 21.4. The second kappa shape index (κ2) is 6.63. The number of hydrogen-bond acceptors (Lipinski definition) is 5. The molecule has 3 aromatic rings. The van der Waals surface area contributed by atoms with E-state index < -0.39 is 0 Å². The molecule has 4 N–H and O–H groups in total. The van der Waals surface area contributed by atoms with Crippen molar-refractivity contribution < 1.29 is 9.47 Å². The van der Waals surface area contributed by atoms with Crippen molar-refractivity contribution in [1.29, 1.82) is 5.26 Å². The van der Waals surface area contributed by atoms with Crippen LogP contribution in [0.2, 0.25) is 0 Å². The molecule has 5 nitrogen and oxygen atoms in total. The van der Waals surface area contributed by atoms with E-state index >= 15 is 0 Å². The van der Waals surface area contributed by atoms with Crippen molar-refractivity contribution in [2.45, 2.75) is 0 Å². The lowest BCUT2D eigenvalue weighted by Gasteiger charge is -2.13. The van der Waals surface area contributed by atoms with E-state index in [0.29, 0.717) is 34.4 Å². The summed E-state index contributed by atoms with van der Waals surface area (Å²) in [5.41, 5.74) is 13.0. The summed E-state index contributed by atoms with van der Waals surface area (Å²) in [4.78, 5) is 0. The highest BCUT2D eigenvalue weighted by molar-refractivity contribution is 5.60. The summed E-state index contributed by atoms with van der Waals surface area (Å²) in [6.45, 7) is 0. The van der Waals surface area contributed by atoms with E-state index in [1.807, 2.05) is 24.3 Å². The Kier molecular flexibility index (Phi) is 4.21. The molecular formula is C19H15N3O2. The minimum absolute atomic E-state index is 0.268. The topological polar surface area (TPSA) is 94.3 Å². The normalized spacial score (nSPS) is 9.96. The van der Waals surface area contributed by atoms with Crippen molar-refractivity contribution in [1.82, 2.24) is 0 Å². The number of ether oxygens (including phenoxy) is 2. The summed E-state index contributed by atoms with van der Waals surface area (Å²) in [5, 5.41) is 9.52. The molecule has 5 heteroatoms. The van der Waals surface area contributed by atoms with E-state index in [1.165, 1.54) is 0 Å². The zero-order chi connectivity index (χ0) is 16.9. The average Bonchev–Trinajstić information content (AvgIpc) is 2.59. The fraction of sp³-hybridized carbons (Fsp3) is 0. The Morgan fingerprint density at radius 3 is 1.46 bits per heavy atom. The molecule has 0 unspecified atom stereocenters. The van der Waals surface area contributed by atoms with Crippen molar-refractivity contribution >= 4 is 11.4 Å². The van der Waals surface area contributed by atoms with Gasteiger partial charge in [0, 0.05) is 0 Å². The van der Waals surface area contributed by atoms with Gasteiger partial charge in [-0.05, 0) is 36.4 Å². The average molecular weight is 317 g/mol. The van der Waals surface area contributed by atoms with Crippen molar-refractivity contribution in [3.63, 3.8) is 0 Å². The summed E-state index contributed by atoms with van der Waals surface area (Å²) < 4.78 is 11.6. The third kappa shape index (κ3) is 3.08. The van der Waals surface area contributed by atoms with Crippen LogP contribution in [-0.2, 0) is 0 Å². The Balaban J connectivity index is 1.97. The Bertz CT molecular complexity index is 851. The van der Waals surface area contributed by atoms with Gasteiger partial charge in [0.2, 0.25) is 0 Å². The second-order valence-electron chi connectivity index (χ2n) is 5.02. The van der Waals surface area contributed by atoms with Crippen molar-refractivity contribution in [2.24, 2.45) is 0 Å². The monoisotopic (exact) mass is 317 g/mol. The molecule has 0 saturated carbocycles. The molecule has 0 bridgehead atoms. The summed E-state index contributed by atoms with van der Waals surface area (Å²) in [6.07, 6.45) is 0. The third-order valence-corrected chi connectivity index (χ3v) is 3.38. The molecule has 0 fully saturated rings. The number of benzene rings is 3. The molecule has 0 radical (unpaired) electrons. The van der Waals surface area contributed by atoms with Gasteiger partial charge >= 0.3 is 0 Å². The molecule has 3 rings (SSSR count). The van der Waals surface area contributed by atoms with Crippen LogP contribution in [0.4, 0.5) is 11.4 Å². The lowest BCUT2D eigenvalue weighted by molar-refractivity contribution is 0.460. The van der Waals surface area contributed by atoms with Crippen molar-refractivity contribution in [3.8, 4) is 29.1 Å². The van der Waals surface area contributed by atoms with Crippen molar-refractivity contribution in [2.75, 3.05) is 11.5 Å². The first-order chi connectivity index (χ1) is 11.7. The highest BCUT2D eigenvalue weighted by Gasteiger charge is 2.14. The number of nitriles is 1. The van der Waals surface area contributed by atoms with Gasteiger partial charge in [-0.15, -0.1) is 0 Å². The van der Waals surface area contributed by atoms with Gasteiger partial charge in [-0.25, -0.2) is 0 Å². The van der Waals surface area contributed by atoms with E-state index in [0.717, 1.165) is 0 Å². The molecule has 3 aromatic carbocycles. The van der Waals surface area contributed by atoms with Crippen LogP contribution in [0, 0.1) is 11.3 Å². The summed E-state index contributed by atoms with van der Waals surface area (Å²) in [7, 11) is 0. The van der Waals surface area contributed by atoms with Gasteiger partial charge in [-0.3, -0.25) is 0 Å². The number of anilines is 2. The predicted octanol–water partition coefficient (Wildman–Crippen LogP) is 4.31. The number of nitrogens with zero attached hydrogens (tertiary/aromatic N) is 1. The first kappa shape index (κ1) is 15.3. The largest absolute Gasteiger partial charge is 0.454 e. The lowest BCUT2D eigenvalue weighted by Crippen LogP contribution is -1.97. The number of hydrogen-bond donors (Lipinski definition) is 2. The Labute approximate surface area is 139 Å². The van der Waals surface area contributed by atoms with Gasteiger partial charge in [0.05, 0.1) is 11.4 Å². The zero-order valence-electron chi connectivity index (χ0n) is 12.8. The highest BCUT2D eigenvalue weighted by atomic mass is 16.5. The van der Waals surface area contributed by atoms with Crippen LogP contribution >= 0.6 is 0 Å². The minimum Gasteiger partial charge on any atom is -0.454 e. The molecule has 0 aliphatic rings. The molecule has 0 aliphatic heterocycles.